The van der Waals surface area contributed by atoms with Crippen molar-refractivity contribution in [3.63, 3.8) is 0 Å². The molecule has 0 aromatic carbocycles. The standard InChI is InChI=1S/C27H42N2O6/c1-6-12-19(4)28(15-7-2)24(32)22-27-14-13-26(5,35-27)21(25(33)34-18-8-3)20(27)23(31)29(22)16-10-9-11-17-30/h7-8,19-22,30H,2-3,6,9-18H2,1,4-5H3/t19?,20-,21-,22?,26+,27?/m0/s1. The maximum atomic E-state index is 14.2. The molecule has 3 aliphatic heterocycles. The van der Waals surface area contributed by atoms with E-state index in [9.17, 15) is 19.5 Å². The van der Waals surface area contributed by atoms with Gasteiger partial charge in [-0.1, -0.05) is 32.1 Å². The van der Waals surface area contributed by atoms with Gasteiger partial charge in [-0.2, -0.15) is 0 Å². The predicted molar refractivity (Wildman–Crippen MR) is 132 cm³/mol. The summed E-state index contributed by atoms with van der Waals surface area (Å²) in [5.41, 5.74) is -1.90. The first-order chi connectivity index (χ1) is 16.7. The summed E-state index contributed by atoms with van der Waals surface area (Å²) < 4.78 is 12.0. The van der Waals surface area contributed by atoms with E-state index in [0.29, 0.717) is 38.8 Å². The molecule has 8 nitrogen and oxygen atoms in total. The number of esters is 1. The zero-order chi connectivity index (χ0) is 25.8. The molecule has 0 radical (unpaired) electrons. The van der Waals surface area contributed by atoms with Gasteiger partial charge in [-0.15, -0.1) is 6.58 Å². The van der Waals surface area contributed by atoms with E-state index in [4.69, 9.17) is 9.47 Å². The third kappa shape index (κ3) is 4.79. The van der Waals surface area contributed by atoms with Crippen molar-refractivity contribution in [1.82, 2.24) is 9.80 Å². The Morgan fingerprint density at radius 2 is 2.03 bits per heavy atom. The van der Waals surface area contributed by atoms with Crippen LogP contribution in [0.1, 0.15) is 65.7 Å². The number of hydrogen-bond donors (Lipinski definition) is 1. The summed E-state index contributed by atoms with van der Waals surface area (Å²) in [4.78, 5) is 44.7. The molecule has 6 atom stereocenters. The van der Waals surface area contributed by atoms with Gasteiger partial charge in [-0.3, -0.25) is 14.4 Å². The van der Waals surface area contributed by atoms with Crippen molar-refractivity contribution in [1.29, 1.82) is 0 Å². The number of ether oxygens (including phenoxy) is 2. The monoisotopic (exact) mass is 490 g/mol. The van der Waals surface area contributed by atoms with Crippen LogP contribution < -0.4 is 0 Å². The molecule has 3 unspecified atom stereocenters. The van der Waals surface area contributed by atoms with E-state index >= 15 is 0 Å². The van der Waals surface area contributed by atoms with E-state index in [0.717, 1.165) is 19.3 Å². The highest BCUT2D eigenvalue weighted by Gasteiger charge is 2.78. The van der Waals surface area contributed by atoms with Crippen LogP contribution in [0.2, 0.25) is 0 Å². The van der Waals surface area contributed by atoms with Crippen LogP contribution in [0.25, 0.3) is 0 Å². The molecule has 2 bridgehead atoms. The smallest absolute Gasteiger partial charge is 0.313 e. The second-order valence-electron chi connectivity index (χ2n) is 10.4. The summed E-state index contributed by atoms with van der Waals surface area (Å²) in [6.07, 6.45) is 8.14. The number of aliphatic hydroxyl groups excluding tert-OH is 1. The number of amides is 2. The highest BCUT2D eigenvalue weighted by Crippen LogP contribution is 2.63. The SMILES string of the molecule is C=CCOC(=O)[C@@H]1[C@H]2C(=O)N(CCCCCO)C(C(=O)N(CC=C)C(C)CCC)C23CC[C@@]1(C)O3. The van der Waals surface area contributed by atoms with Crippen LogP contribution in [-0.2, 0) is 23.9 Å². The minimum absolute atomic E-state index is 0.0187. The molecular weight excluding hydrogens is 448 g/mol. The molecule has 0 aromatic heterocycles. The van der Waals surface area contributed by atoms with E-state index in [2.05, 4.69) is 20.1 Å². The van der Waals surface area contributed by atoms with Gasteiger partial charge in [0.05, 0.1) is 11.5 Å². The van der Waals surface area contributed by atoms with Gasteiger partial charge in [0.2, 0.25) is 11.8 Å². The number of fused-ring (bicyclic) bond motifs is 1. The van der Waals surface area contributed by atoms with Gasteiger partial charge in [0.1, 0.15) is 24.2 Å². The van der Waals surface area contributed by atoms with Crippen molar-refractivity contribution in [3.8, 4) is 0 Å². The fourth-order valence-electron chi connectivity index (χ4n) is 6.46. The molecule has 1 spiro atoms. The first kappa shape index (κ1) is 27.4. The number of carbonyl (C=O) groups excluding carboxylic acids is 3. The van der Waals surface area contributed by atoms with E-state index in [1.165, 1.54) is 6.08 Å². The van der Waals surface area contributed by atoms with Gasteiger partial charge in [0, 0.05) is 25.7 Å². The van der Waals surface area contributed by atoms with Crippen molar-refractivity contribution in [2.45, 2.75) is 89.0 Å². The third-order valence-electron chi connectivity index (χ3n) is 8.01. The number of unbranched alkanes of at least 4 members (excludes halogenated alkanes) is 2. The average Bonchev–Trinajstić information content (AvgIpc) is 3.39. The molecule has 3 saturated heterocycles. The van der Waals surface area contributed by atoms with Gasteiger partial charge in [0.25, 0.3) is 0 Å². The molecule has 8 heteroatoms. The van der Waals surface area contributed by atoms with E-state index in [1.54, 1.807) is 15.9 Å². The van der Waals surface area contributed by atoms with Gasteiger partial charge in [-0.05, 0) is 52.4 Å². The maximum Gasteiger partial charge on any atom is 0.313 e. The molecule has 196 valence electrons. The molecule has 3 rings (SSSR count). The first-order valence-corrected chi connectivity index (χ1v) is 13.0. The molecule has 0 aromatic rings. The zero-order valence-electron chi connectivity index (χ0n) is 21.5. The maximum absolute atomic E-state index is 14.2. The Labute approximate surface area is 209 Å². The van der Waals surface area contributed by atoms with Gasteiger partial charge in [-0.25, -0.2) is 0 Å². The summed E-state index contributed by atoms with van der Waals surface area (Å²) in [6, 6.07) is -0.817. The topological polar surface area (TPSA) is 96.4 Å². The summed E-state index contributed by atoms with van der Waals surface area (Å²) >= 11 is 0. The van der Waals surface area contributed by atoms with Crippen LogP contribution in [0.5, 0.6) is 0 Å². The minimum Gasteiger partial charge on any atom is -0.461 e. The van der Waals surface area contributed by atoms with Gasteiger partial charge >= 0.3 is 5.97 Å². The molecule has 0 aliphatic carbocycles. The Balaban J connectivity index is 2.01. The van der Waals surface area contributed by atoms with Crippen LogP contribution >= 0.6 is 0 Å². The van der Waals surface area contributed by atoms with Crippen molar-refractivity contribution in [2.75, 3.05) is 26.3 Å². The van der Waals surface area contributed by atoms with Crippen molar-refractivity contribution in [2.24, 2.45) is 11.8 Å². The number of hydrogen-bond acceptors (Lipinski definition) is 6. The van der Waals surface area contributed by atoms with Crippen molar-refractivity contribution >= 4 is 17.8 Å². The third-order valence-corrected chi connectivity index (χ3v) is 8.01. The predicted octanol–water partition coefficient (Wildman–Crippen LogP) is 2.85. The summed E-state index contributed by atoms with van der Waals surface area (Å²) in [5, 5.41) is 9.18. The van der Waals surface area contributed by atoms with Crippen LogP contribution in [0.15, 0.2) is 25.3 Å². The molecule has 3 aliphatic rings. The number of nitrogens with zero attached hydrogens (tertiary/aromatic N) is 2. The first-order valence-electron chi connectivity index (χ1n) is 13.0. The molecule has 2 amide bonds. The largest absolute Gasteiger partial charge is 0.461 e. The lowest BCUT2D eigenvalue weighted by molar-refractivity contribution is -0.159. The van der Waals surface area contributed by atoms with Crippen LogP contribution in [0, 0.1) is 11.8 Å². The fraction of sp³-hybridized carbons (Fsp3) is 0.741. The van der Waals surface area contributed by atoms with Crippen LogP contribution in [0.3, 0.4) is 0 Å². The molecular formula is C27H42N2O6. The Kier molecular flexibility index (Phi) is 8.81. The van der Waals surface area contributed by atoms with Crippen molar-refractivity contribution < 1.29 is 29.0 Å². The molecule has 3 fully saturated rings. The lowest BCUT2D eigenvalue weighted by Gasteiger charge is -2.39. The van der Waals surface area contributed by atoms with Crippen LogP contribution in [0.4, 0.5) is 0 Å². The van der Waals surface area contributed by atoms with Crippen molar-refractivity contribution in [3.05, 3.63) is 25.3 Å². The highest BCUT2D eigenvalue weighted by atomic mass is 16.6. The van der Waals surface area contributed by atoms with Crippen LogP contribution in [-0.4, -0.2) is 82.3 Å². The van der Waals surface area contributed by atoms with E-state index in [1.807, 2.05) is 13.8 Å². The highest BCUT2D eigenvalue weighted by molar-refractivity contribution is 5.98. The Morgan fingerprint density at radius 1 is 1.29 bits per heavy atom. The summed E-state index contributed by atoms with van der Waals surface area (Å²) in [5.74, 6) is -2.34. The van der Waals surface area contributed by atoms with E-state index in [-0.39, 0.29) is 31.1 Å². The number of aliphatic hydroxyl groups is 1. The zero-order valence-corrected chi connectivity index (χ0v) is 21.5. The van der Waals surface area contributed by atoms with Gasteiger partial charge in [0.15, 0.2) is 0 Å². The quantitative estimate of drug-likeness (QED) is 0.229. The number of carbonyl (C=O) groups is 3. The molecule has 3 heterocycles. The molecule has 0 saturated carbocycles. The molecule has 1 N–H and O–H groups in total. The summed E-state index contributed by atoms with van der Waals surface area (Å²) in [7, 11) is 0. The second kappa shape index (κ2) is 11.2. The lowest BCUT2D eigenvalue weighted by Crippen LogP contribution is -2.58. The van der Waals surface area contributed by atoms with Gasteiger partial charge < -0.3 is 24.4 Å². The number of likely N-dealkylation sites (tertiary alicyclic amines) is 1. The average molecular weight is 491 g/mol. The minimum atomic E-state index is -1.05. The Hall–Kier alpha value is -2.19. The normalized spacial score (nSPS) is 31.8. The molecule has 35 heavy (non-hydrogen) atoms. The number of rotatable bonds is 14. The van der Waals surface area contributed by atoms with E-state index < -0.39 is 35.0 Å². The fourth-order valence-corrected chi connectivity index (χ4v) is 6.46. The Morgan fingerprint density at radius 3 is 2.66 bits per heavy atom. The lowest BCUT2D eigenvalue weighted by atomic mass is 9.66. The summed E-state index contributed by atoms with van der Waals surface area (Å²) in [6.45, 7) is 14.3. The Bertz CT molecular complexity index is 830. The second-order valence-corrected chi connectivity index (χ2v) is 10.4.